The van der Waals surface area contributed by atoms with Crippen LogP contribution < -0.4 is 10.1 Å². The van der Waals surface area contributed by atoms with Crippen molar-refractivity contribution in [2.24, 2.45) is 13.0 Å². The number of nitrogens with zero attached hydrogens (tertiary/aromatic N) is 3. The van der Waals surface area contributed by atoms with Crippen LogP contribution in [-0.4, -0.2) is 40.7 Å². The normalized spacial score (nSPS) is 18.7. The van der Waals surface area contributed by atoms with Gasteiger partial charge in [-0.05, 0) is 24.8 Å². The molecule has 0 saturated carbocycles. The highest BCUT2D eigenvalue weighted by atomic mass is 16.5. The number of benzene rings is 1. The number of methoxy groups -OCH3 is 1. The van der Waals surface area contributed by atoms with E-state index in [1.807, 2.05) is 47.0 Å². The third-order valence-corrected chi connectivity index (χ3v) is 4.78. The van der Waals surface area contributed by atoms with Gasteiger partial charge >= 0.3 is 6.03 Å². The van der Waals surface area contributed by atoms with Crippen molar-refractivity contribution in [2.45, 2.75) is 25.8 Å². The third kappa shape index (κ3) is 3.78. The van der Waals surface area contributed by atoms with Gasteiger partial charge in [-0.15, -0.1) is 0 Å². The molecule has 1 aliphatic rings. The summed E-state index contributed by atoms with van der Waals surface area (Å²) in [5.74, 6) is 2.06. The summed E-state index contributed by atoms with van der Waals surface area (Å²) in [5.41, 5.74) is 0.901. The van der Waals surface area contributed by atoms with Crippen LogP contribution in [0.4, 0.5) is 4.79 Å². The minimum atomic E-state index is -0.360. The lowest BCUT2D eigenvalue weighted by atomic mass is 10.0. The summed E-state index contributed by atoms with van der Waals surface area (Å²) in [6.07, 6.45) is 5.86. The number of aryl methyl sites for hydroxylation is 1. The summed E-state index contributed by atoms with van der Waals surface area (Å²) in [5, 5.41) is 3.17. The van der Waals surface area contributed by atoms with Gasteiger partial charge in [0.05, 0.1) is 7.11 Å². The molecule has 3 rings (SSSR count). The first-order valence-electron chi connectivity index (χ1n) is 8.75. The number of carbonyl (C=O) groups excluding carboxylic acids is 1. The SMILES string of the molecule is COc1ccccc1C(NC(=O)N1CCCC(C)C1)c1nccn1C. The van der Waals surface area contributed by atoms with E-state index >= 15 is 0 Å². The molecule has 1 aliphatic heterocycles. The molecule has 2 unspecified atom stereocenters. The number of rotatable bonds is 4. The van der Waals surface area contributed by atoms with Crippen LogP contribution in [-0.2, 0) is 7.05 Å². The van der Waals surface area contributed by atoms with Crippen LogP contribution in [0.1, 0.15) is 37.2 Å². The zero-order valence-corrected chi connectivity index (χ0v) is 15.1. The van der Waals surface area contributed by atoms with E-state index < -0.39 is 0 Å². The standard InChI is InChI=1S/C19H26N4O2/c1-14-7-6-11-23(13-14)19(24)21-17(18-20-10-12-22(18)2)15-8-4-5-9-16(15)25-3/h4-5,8-10,12,14,17H,6-7,11,13H2,1-3H3,(H,21,24). The van der Waals surface area contributed by atoms with Crippen LogP contribution >= 0.6 is 0 Å². The van der Waals surface area contributed by atoms with Gasteiger partial charge < -0.3 is 19.5 Å². The van der Waals surface area contributed by atoms with Gasteiger partial charge in [-0.25, -0.2) is 9.78 Å². The van der Waals surface area contributed by atoms with Crippen LogP contribution in [0, 0.1) is 5.92 Å². The van der Waals surface area contributed by atoms with E-state index in [1.165, 1.54) is 6.42 Å². The third-order valence-electron chi connectivity index (χ3n) is 4.78. The fourth-order valence-corrected chi connectivity index (χ4v) is 3.43. The van der Waals surface area contributed by atoms with E-state index in [0.717, 1.165) is 36.6 Å². The van der Waals surface area contributed by atoms with Crippen molar-refractivity contribution >= 4 is 6.03 Å². The molecule has 1 aromatic carbocycles. The van der Waals surface area contributed by atoms with E-state index in [4.69, 9.17) is 4.74 Å². The smallest absolute Gasteiger partial charge is 0.318 e. The van der Waals surface area contributed by atoms with Gasteiger partial charge in [0.1, 0.15) is 17.6 Å². The number of para-hydroxylation sites is 1. The molecule has 0 bridgehead atoms. The first-order chi connectivity index (χ1) is 12.1. The maximum Gasteiger partial charge on any atom is 0.318 e. The van der Waals surface area contributed by atoms with E-state index in [9.17, 15) is 4.79 Å². The van der Waals surface area contributed by atoms with Crippen molar-refractivity contribution in [1.29, 1.82) is 0 Å². The monoisotopic (exact) mass is 342 g/mol. The Bertz CT molecular complexity index is 728. The molecular formula is C19H26N4O2. The molecule has 134 valence electrons. The van der Waals surface area contributed by atoms with Crippen molar-refractivity contribution in [3.8, 4) is 5.75 Å². The summed E-state index contributed by atoms with van der Waals surface area (Å²) in [4.78, 5) is 19.2. The molecule has 0 spiro atoms. The number of amides is 2. The zero-order valence-electron chi connectivity index (χ0n) is 15.1. The molecule has 25 heavy (non-hydrogen) atoms. The maximum atomic E-state index is 12.9. The van der Waals surface area contributed by atoms with Gasteiger partial charge in [0.15, 0.2) is 0 Å². The van der Waals surface area contributed by atoms with Crippen LogP contribution in [0.3, 0.4) is 0 Å². The highest BCUT2D eigenvalue weighted by Crippen LogP contribution is 2.29. The topological polar surface area (TPSA) is 59.4 Å². The summed E-state index contributed by atoms with van der Waals surface area (Å²) in [6.45, 7) is 3.79. The maximum absolute atomic E-state index is 12.9. The van der Waals surface area contributed by atoms with E-state index in [-0.39, 0.29) is 12.1 Å². The molecule has 2 heterocycles. The van der Waals surface area contributed by atoms with Crippen molar-refractivity contribution in [1.82, 2.24) is 19.8 Å². The number of imidazole rings is 1. The number of hydrogen-bond donors (Lipinski definition) is 1. The fraction of sp³-hybridized carbons (Fsp3) is 0.474. The largest absolute Gasteiger partial charge is 0.496 e. The molecular weight excluding hydrogens is 316 g/mol. The first kappa shape index (κ1) is 17.3. The summed E-state index contributed by atoms with van der Waals surface area (Å²) >= 11 is 0. The van der Waals surface area contributed by atoms with E-state index in [2.05, 4.69) is 17.2 Å². The average molecular weight is 342 g/mol. The van der Waals surface area contributed by atoms with Crippen molar-refractivity contribution in [3.05, 3.63) is 48.0 Å². The molecule has 2 aromatic rings. The molecule has 6 nitrogen and oxygen atoms in total. The summed E-state index contributed by atoms with van der Waals surface area (Å²) < 4.78 is 7.43. The number of piperidine rings is 1. The van der Waals surface area contributed by atoms with Crippen LogP contribution in [0.15, 0.2) is 36.7 Å². The molecule has 6 heteroatoms. The fourth-order valence-electron chi connectivity index (χ4n) is 3.43. The second-order valence-corrected chi connectivity index (χ2v) is 6.71. The summed E-state index contributed by atoms with van der Waals surface area (Å²) in [7, 11) is 3.57. The van der Waals surface area contributed by atoms with Crippen LogP contribution in [0.25, 0.3) is 0 Å². The zero-order chi connectivity index (χ0) is 17.8. The van der Waals surface area contributed by atoms with Gasteiger partial charge in [-0.2, -0.15) is 0 Å². The highest BCUT2D eigenvalue weighted by molar-refractivity contribution is 5.75. The second-order valence-electron chi connectivity index (χ2n) is 6.71. The Morgan fingerprint density at radius 3 is 2.88 bits per heavy atom. The van der Waals surface area contributed by atoms with E-state index in [1.54, 1.807) is 13.3 Å². The number of ether oxygens (including phenoxy) is 1. The van der Waals surface area contributed by atoms with Gasteiger partial charge in [0.2, 0.25) is 0 Å². The minimum Gasteiger partial charge on any atom is -0.496 e. The number of nitrogens with one attached hydrogen (secondary N) is 1. The number of hydrogen-bond acceptors (Lipinski definition) is 3. The highest BCUT2D eigenvalue weighted by Gasteiger charge is 2.27. The second kappa shape index (κ2) is 7.59. The molecule has 2 amide bonds. The van der Waals surface area contributed by atoms with Crippen molar-refractivity contribution in [3.63, 3.8) is 0 Å². The van der Waals surface area contributed by atoms with Gasteiger partial charge in [0.25, 0.3) is 0 Å². The lowest BCUT2D eigenvalue weighted by Crippen LogP contribution is -2.46. The predicted molar refractivity (Wildman–Crippen MR) is 96.5 cm³/mol. The number of likely N-dealkylation sites (tertiary alicyclic amines) is 1. The Kier molecular flexibility index (Phi) is 5.26. The van der Waals surface area contributed by atoms with Gasteiger partial charge in [-0.3, -0.25) is 0 Å². The Morgan fingerprint density at radius 2 is 2.20 bits per heavy atom. The number of carbonyl (C=O) groups is 1. The molecule has 1 fully saturated rings. The Morgan fingerprint density at radius 1 is 1.40 bits per heavy atom. The molecule has 0 radical (unpaired) electrons. The Labute approximate surface area is 148 Å². The molecule has 1 saturated heterocycles. The lowest BCUT2D eigenvalue weighted by Gasteiger charge is -2.32. The van der Waals surface area contributed by atoms with Crippen LogP contribution in [0.2, 0.25) is 0 Å². The quantitative estimate of drug-likeness (QED) is 0.929. The Hall–Kier alpha value is -2.50. The van der Waals surface area contributed by atoms with Gasteiger partial charge in [0, 0.05) is 38.1 Å². The predicted octanol–water partition coefficient (Wildman–Crippen LogP) is 2.96. The average Bonchev–Trinajstić information content (AvgIpc) is 3.05. The van der Waals surface area contributed by atoms with Crippen molar-refractivity contribution in [2.75, 3.05) is 20.2 Å². The minimum absolute atomic E-state index is 0.0505. The molecule has 1 aromatic heterocycles. The molecule has 2 atom stereocenters. The van der Waals surface area contributed by atoms with E-state index in [0.29, 0.717) is 5.92 Å². The Balaban J connectivity index is 1.89. The first-order valence-corrected chi connectivity index (χ1v) is 8.75. The van der Waals surface area contributed by atoms with Crippen molar-refractivity contribution < 1.29 is 9.53 Å². The summed E-state index contributed by atoms with van der Waals surface area (Å²) in [6, 6.07) is 7.33. The van der Waals surface area contributed by atoms with Gasteiger partial charge in [-0.1, -0.05) is 25.1 Å². The lowest BCUT2D eigenvalue weighted by molar-refractivity contribution is 0.167. The molecule has 1 N–H and O–H groups in total. The number of aromatic nitrogens is 2. The molecule has 0 aliphatic carbocycles. The van der Waals surface area contributed by atoms with Crippen LogP contribution in [0.5, 0.6) is 5.75 Å². The number of urea groups is 1.